The molecule has 0 saturated carbocycles. The molecule has 5 heteroatoms. The predicted octanol–water partition coefficient (Wildman–Crippen LogP) is 3.29. The minimum Gasteiger partial charge on any atom is -0.406 e. The van der Waals surface area contributed by atoms with Gasteiger partial charge in [0.25, 0.3) is 11.5 Å². The maximum Gasteiger partial charge on any atom is 0.295 e. The fourth-order valence-electron chi connectivity index (χ4n) is 2.49. The molecule has 1 heterocycles. The number of hydrogen-bond donors (Lipinski definition) is 1. The highest BCUT2D eigenvalue weighted by molar-refractivity contribution is 6.03. The summed E-state index contributed by atoms with van der Waals surface area (Å²) in [4.78, 5) is 30.5. The molecule has 5 nitrogen and oxygen atoms in total. The second-order valence-corrected chi connectivity index (χ2v) is 5.82. The first-order valence-corrected chi connectivity index (χ1v) is 8.46. The minimum absolute atomic E-state index is 0.0279. The molecule has 0 saturated heterocycles. The van der Waals surface area contributed by atoms with Crippen LogP contribution in [0, 0.1) is 0 Å². The third kappa shape index (κ3) is 4.19. The Morgan fingerprint density at radius 3 is 2.38 bits per heavy atom. The SMILES string of the molecule is CCc1ccc(NC(=O)c2cccn(OCc3ccccc3)c2=O)cc1. The molecule has 0 spiro atoms. The van der Waals surface area contributed by atoms with Gasteiger partial charge in [-0.3, -0.25) is 9.59 Å². The molecular weight excluding hydrogens is 328 g/mol. The molecule has 1 aromatic heterocycles. The summed E-state index contributed by atoms with van der Waals surface area (Å²) in [5.41, 5.74) is 2.29. The first kappa shape index (κ1) is 17.5. The van der Waals surface area contributed by atoms with Gasteiger partial charge >= 0.3 is 0 Å². The summed E-state index contributed by atoms with van der Waals surface area (Å²) >= 11 is 0. The molecule has 0 bridgehead atoms. The summed E-state index contributed by atoms with van der Waals surface area (Å²) in [5, 5.41) is 2.74. The lowest BCUT2D eigenvalue weighted by atomic mass is 10.1. The Morgan fingerprint density at radius 2 is 1.69 bits per heavy atom. The molecule has 26 heavy (non-hydrogen) atoms. The third-order valence-corrected chi connectivity index (χ3v) is 3.99. The van der Waals surface area contributed by atoms with Crippen LogP contribution >= 0.6 is 0 Å². The predicted molar refractivity (Wildman–Crippen MR) is 101 cm³/mol. The quantitative estimate of drug-likeness (QED) is 0.744. The molecule has 3 rings (SSSR count). The highest BCUT2D eigenvalue weighted by atomic mass is 16.7. The summed E-state index contributed by atoms with van der Waals surface area (Å²) in [7, 11) is 0. The molecule has 0 aliphatic carbocycles. The summed E-state index contributed by atoms with van der Waals surface area (Å²) in [6, 6.07) is 20.2. The van der Waals surface area contributed by atoms with Gasteiger partial charge in [0.15, 0.2) is 0 Å². The first-order chi connectivity index (χ1) is 12.7. The van der Waals surface area contributed by atoms with Crippen LogP contribution in [0.3, 0.4) is 0 Å². The van der Waals surface area contributed by atoms with E-state index in [-0.39, 0.29) is 12.2 Å². The number of nitrogens with one attached hydrogen (secondary N) is 1. The van der Waals surface area contributed by atoms with E-state index < -0.39 is 11.5 Å². The number of hydrogen-bond acceptors (Lipinski definition) is 3. The number of rotatable bonds is 6. The summed E-state index contributed by atoms with van der Waals surface area (Å²) in [6.07, 6.45) is 2.43. The van der Waals surface area contributed by atoms with Gasteiger partial charge in [-0.25, -0.2) is 0 Å². The summed E-state index contributed by atoms with van der Waals surface area (Å²) in [5.74, 6) is -0.461. The largest absolute Gasteiger partial charge is 0.406 e. The number of aryl methyl sites for hydroxylation is 1. The molecule has 1 amide bonds. The lowest BCUT2D eigenvalue weighted by Crippen LogP contribution is -2.32. The lowest BCUT2D eigenvalue weighted by Gasteiger charge is -2.10. The Morgan fingerprint density at radius 1 is 0.962 bits per heavy atom. The normalized spacial score (nSPS) is 10.3. The second kappa shape index (κ2) is 8.16. The zero-order valence-electron chi connectivity index (χ0n) is 14.5. The van der Waals surface area contributed by atoms with Crippen molar-refractivity contribution >= 4 is 11.6 Å². The summed E-state index contributed by atoms with van der Waals surface area (Å²) < 4.78 is 1.09. The molecule has 0 aliphatic rings. The number of pyridine rings is 1. The van der Waals surface area contributed by atoms with Crippen molar-refractivity contribution in [2.75, 3.05) is 5.32 Å². The molecule has 0 atom stereocenters. The van der Waals surface area contributed by atoms with Crippen LogP contribution < -0.4 is 15.7 Å². The third-order valence-electron chi connectivity index (χ3n) is 3.99. The van der Waals surface area contributed by atoms with Crippen molar-refractivity contribution < 1.29 is 9.63 Å². The average Bonchev–Trinajstić information content (AvgIpc) is 2.68. The maximum absolute atomic E-state index is 12.5. The Labute approximate surface area is 151 Å². The van der Waals surface area contributed by atoms with Crippen LogP contribution in [0.5, 0.6) is 0 Å². The van der Waals surface area contributed by atoms with E-state index in [0.717, 1.165) is 16.7 Å². The first-order valence-electron chi connectivity index (χ1n) is 8.46. The van der Waals surface area contributed by atoms with E-state index in [2.05, 4.69) is 12.2 Å². The highest BCUT2D eigenvalue weighted by Crippen LogP contribution is 2.11. The number of carbonyl (C=O) groups is 1. The van der Waals surface area contributed by atoms with Gasteiger partial charge in [-0.15, -0.1) is 0 Å². The van der Waals surface area contributed by atoms with Crippen LogP contribution in [0.2, 0.25) is 0 Å². The molecule has 0 aliphatic heterocycles. The van der Waals surface area contributed by atoms with Gasteiger partial charge in [0.2, 0.25) is 0 Å². The van der Waals surface area contributed by atoms with Gasteiger partial charge in [-0.1, -0.05) is 49.4 Å². The Hall–Kier alpha value is -3.34. The molecule has 3 aromatic rings. The van der Waals surface area contributed by atoms with Crippen LogP contribution in [0.25, 0.3) is 0 Å². The van der Waals surface area contributed by atoms with E-state index in [4.69, 9.17) is 4.84 Å². The van der Waals surface area contributed by atoms with Crippen molar-refractivity contribution in [1.82, 2.24) is 4.73 Å². The van der Waals surface area contributed by atoms with Crippen LogP contribution in [0.4, 0.5) is 5.69 Å². The Balaban J connectivity index is 1.73. The topological polar surface area (TPSA) is 60.3 Å². The molecule has 132 valence electrons. The zero-order valence-corrected chi connectivity index (χ0v) is 14.5. The van der Waals surface area contributed by atoms with E-state index >= 15 is 0 Å². The van der Waals surface area contributed by atoms with Crippen LogP contribution in [-0.2, 0) is 13.0 Å². The van der Waals surface area contributed by atoms with Gasteiger partial charge in [0.1, 0.15) is 12.2 Å². The molecule has 1 N–H and O–H groups in total. The Kier molecular flexibility index (Phi) is 5.49. The van der Waals surface area contributed by atoms with Crippen LogP contribution in [-0.4, -0.2) is 10.6 Å². The van der Waals surface area contributed by atoms with Crippen molar-refractivity contribution in [2.45, 2.75) is 20.0 Å². The van der Waals surface area contributed by atoms with Crippen LogP contribution in [0.15, 0.2) is 77.7 Å². The molecule has 0 unspecified atom stereocenters. The number of amides is 1. The van der Waals surface area contributed by atoms with Crippen LogP contribution in [0.1, 0.15) is 28.4 Å². The monoisotopic (exact) mass is 348 g/mol. The second-order valence-electron chi connectivity index (χ2n) is 5.82. The van der Waals surface area contributed by atoms with E-state index in [1.165, 1.54) is 17.8 Å². The fraction of sp³-hybridized carbons (Fsp3) is 0.143. The van der Waals surface area contributed by atoms with Crippen molar-refractivity contribution in [2.24, 2.45) is 0 Å². The summed E-state index contributed by atoms with van der Waals surface area (Å²) in [6.45, 7) is 2.31. The van der Waals surface area contributed by atoms with Gasteiger partial charge in [0.05, 0.1) is 0 Å². The highest BCUT2D eigenvalue weighted by Gasteiger charge is 2.13. The lowest BCUT2D eigenvalue weighted by molar-refractivity contribution is 0.0863. The Bertz CT molecular complexity index is 931. The standard InChI is InChI=1S/C21H20N2O3/c1-2-16-10-12-18(13-11-16)22-20(24)19-9-6-14-23(21(19)25)26-15-17-7-4-3-5-8-17/h3-14H,2,15H2,1H3,(H,22,24). The van der Waals surface area contributed by atoms with E-state index in [1.807, 2.05) is 54.6 Å². The van der Waals surface area contributed by atoms with Crippen molar-refractivity contribution in [3.63, 3.8) is 0 Å². The van der Waals surface area contributed by atoms with E-state index in [1.54, 1.807) is 6.07 Å². The number of anilines is 1. The number of carbonyl (C=O) groups excluding carboxylic acids is 1. The molecular formula is C21H20N2O3. The van der Waals surface area contributed by atoms with Crippen molar-refractivity contribution in [1.29, 1.82) is 0 Å². The fourth-order valence-corrected chi connectivity index (χ4v) is 2.49. The van der Waals surface area contributed by atoms with Gasteiger partial charge < -0.3 is 10.2 Å². The van der Waals surface area contributed by atoms with E-state index in [9.17, 15) is 9.59 Å². The zero-order chi connectivity index (χ0) is 18.4. The van der Waals surface area contributed by atoms with Crippen molar-refractivity contribution in [3.8, 4) is 0 Å². The molecule has 0 fully saturated rings. The number of benzene rings is 2. The minimum atomic E-state index is -0.494. The smallest absolute Gasteiger partial charge is 0.295 e. The maximum atomic E-state index is 12.5. The molecule has 2 aromatic carbocycles. The van der Waals surface area contributed by atoms with Gasteiger partial charge in [0, 0.05) is 11.9 Å². The number of aromatic nitrogens is 1. The number of nitrogens with zero attached hydrogens (tertiary/aromatic N) is 1. The van der Waals surface area contributed by atoms with Gasteiger partial charge in [-0.2, -0.15) is 4.73 Å². The average molecular weight is 348 g/mol. The van der Waals surface area contributed by atoms with Crippen molar-refractivity contribution in [3.05, 3.63) is 100.0 Å². The van der Waals surface area contributed by atoms with E-state index in [0.29, 0.717) is 5.69 Å². The molecule has 0 radical (unpaired) electrons. The van der Waals surface area contributed by atoms with Gasteiger partial charge in [-0.05, 0) is 41.8 Å².